The summed E-state index contributed by atoms with van der Waals surface area (Å²) in [4.78, 5) is 0. The normalized spacial score (nSPS) is 14.8. The molecule has 138 valence electrons. The summed E-state index contributed by atoms with van der Waals surface area (Å²) in [5.74, 6) is -11.5. The minimum absolute atomic E-state index is 0.0358. The van der Waals surface area contributed by atoms with Gasteiger partial charge in [0.1, 0.15) is 5.75 Å². The number of para-hydroxylation sites is 1. The van der Waals surface area contributed by atoms with Crippen LogP contribution in [0.25, 0.3) is 0 Å². The average molecular weight is 362 g/mol. The van der Waals surface area contributed by atoms with Gasteiger partial charge >= 0.3 is 18.0 Å². The fourth-order valence-corrected chi connectivity index (χ4v) is 2.00. The molecule has 0 aliphatic heterocycles. The van der Waals surface area contributed by atoms with Gasteiger partial charge in [0.15, 0.2) is 0 Å². The maximum Gasteiger partial charge on any atom is 0.459 e. The number of alkyl halides is 7. The van der Waals surface area contributed by atoms with Crippen molar-refractivity contribution in [3.8, 4) is 5.75 Å². The summed E-state index contributed by atoms with van der Waals surface area (Å²) >= 11 is 0. The van der Waals surface area contributed by atoms with Gasteiger partial charge in [0.05, 0.1) is 12.2 Å². The van der Waals surface area contributed by atoms with Crippen molar-refractivity contribution in [1.29, 1.82) is 0 Å². The lowest BCUT2D eigenvalue weighted by Crippen LogP contribution is -2.52. The van der Waals surface area contributed by atoms with Gasteiger partial charge in [0, 0.05) is 19.1 Å². The van der Waals surface area contributed by atoms with Gasteiger partial charge in [-0.1, -0.05) is 18.2 Å². The van der Waals surface area contributed by atoms with Crippen molar-refractivity contribution < 1.29 is 40.2 Å². The minimum atomic E-state index is -6.37. The van der Waals surface area contributed by atoms with E-state index in [2.05, 4.69) is 0 Å². The quantitative estimate of drug-likeness (QED) is 0.606. The van der Waals surface area contributed by atoms with E-state index in [9.17, 15) is 30.7 Å². The molecule has 1 aromatic rings. The molecule has 1 atom stereocenters. The third kappa shape index (κ3) is 4.31. The molecule has 0 saturated heterocycles. The van der Waals surface area contributed by atoms with Gasteiger partial charge in [0.2, 0.25) is 0 Å². The number of halogens is 7. The highest BCUT2D eigenvalue weighted by Gasteiger charge is 2.73. The van der Waals surface area contributed by atoms with Crippen molar-refractivity contribution >= 4 is 0 Å². The van der Waals surface area contributed by atoms with Crippen LogP contribution in [-0.2, 0) is 4.74 Å². The van der Waals surface area contributed by atoms with Crippen LogP contribution in [0.2, 0.25) is 0 Å². The van der Waals surface area contributed by atoms with E-state index in [-0.39, 0.29) is 17.4 Å². The fraction of sp³-hybridized carbons (Fsp3) is 0.600. The van der Waals surface area contributed by atoms with E-state index in [0.717, 1.165) is 7.11 Å². The maximum atomic E-state index is 13.6. The Morgan fingerprint density at radius 1 is 0.958 bits per heavy atom. The van der Waals surface area contributed by atoms with Crippen molar-refractivity contribution in [2.24, 2.45) is 0 Å². The van der Waals surface area contributed by atoms with Crippen LogP contribution in [0.4, 0.5) is 30.7 Å². The molecule has 9 heteroatoms. The summed E-state index contributed by atoms with van der Waals surface area (Å²) in [5.41, 5.74) is -0.0358. The summed E-state index contributed by atoms with van der Waals surface area (Å²) < 4.78 is 100. The molecule has 0 spiro atoms. The number of methoxy groups -OCH3 is 1. The predicted octanol–water partition coefficient (Wildman–Crippen LogP) is 5.38. The molecule has 0 aliphatic rings. The second kappa shape index (κ2) is 7.16. The molecule has 24 heavy (non-hydrogen) atoms. The molecule has 0 N–H and O–H groups in total. The first-order valence-corrected chi connectivity index (χ1v) is 6.94. The Bertz CT molecular complexity index is 541. The lowest BCUT2D eigenvalue weighted by atomic mass is 9.97. The van der Waals surface area contributed by atoms with Crippen LogP contribution in [0.15, 0.2) is 24.3 Å². The molecule has 0 fully saturated rings. The highest BCUT2D eigenvalue weighted by molar-refractivity contribution is 5.35. The standard InChI is InChI=1S/C15H17F7O2/c1-9(2)24-11-7-5-4-6-10(11)12(23-3)8-13(16,17)14(18,19)15(20,21)22/h4-7,9,12H,8H2,1-3H3. The lowest BCUT2D eigenvalue weighted by molar-refractivity contribution is -0.358. The van der Waals surface area contributed by atoms with Gasteiger partial charge in [-0.2, -0.15) is 30.7 Å². The zero-order valence-electron chi connectivity index (χ0n) is 13.1. The Kier molecular flexibility index (Phi) is 6.13. The predicted molar refractivity (Wildman–Crippen MR) is 72.5 cm³/mol. The largest absolute Gasteiger partial charge is 0.491 e. The molecular formula is C15H17F7O2. The Balaban J connectivity index is 3.16. The smallest absolute Gasteiger partial charge is 0.459 e. The van der Waals surface area contributed by atoms with Gasteiger partial charge in [-0.3, -0.25) is 0 Å². The monoisotopic (exact) mass is 362 g/mol. The molecule has 0 saturated carbocycles. The molecule has 1 unspecified atom stereocenters. The number of hydrogen-bond acceptors (Lipinski definition) is 2. The maximum absolute atomic E-state index is 13.6. The zero-order valence-corrected chi connectivity index (χ0v) is 13.1. The van der Waals surface area contributed by atoms with Gasteiger partial charge in [-0.15, -0.1) is 0 Å². The first-order valence-electron chi connectivity index (χ1n) is 6.94. The van der Waals surface area contributed by atoms with Crippen molar-refractivity contribution in [2.45, 2.75) is 50.5 Å². The molecule has 1 aromatic carbocycles. The molecule has 0 radical (unpaired) electrons. The lowest BCUT2D eigenvalue weighted by Gasteiger charge is -2.31. The van der Waals surface area contributed by atoms with Crippen LogP contribution < -0.4 is 4.74 Å². The van der Waals surface area contributed by atoms with E-state index in [1.807, 2.05) is 0 Å². The highest BCUT2D eigenvalue weighted by atomic mass is 19.4. The molecule has 0 aliphatic carbocycles. The van der Waals surface area contributed by atoms with Crippen LogP contribution in [-0.4, -0.2) is 31.2 Å². The van der Waals surface area contributed by atoms with Gasteiger partial charge < -0.3 is 9.47 Å². The second-order valence-electron chi connectivity index (χ2n) is 5.41. The number of rotatable bonds is 7. The fourth-order valence-electron chi connectivity index (χ4n) is 2.00. The summed E-state index contributed by atoms with van der Waals surface area (Å²) in [5, 5.41) is 0. The molecular weight excluding hydrogens is 345 g/mol. The van der Waals surface area contributed by atoms with Crippen molar-refractivity contribution in [2.75, 3.05) is 7.11 Å². The van der Waals surface area contributed by atoms with E-state index in [1.54, 1.807) is 13.8 Å². The Hall–Kier alpha value is -1.51. The van der Waals surface area contributed by atoms with E-state index < -0.39 is 30.5 Å². The SMILES string of the molecule is COC(CC(F)(F)C(F)(F)C(F)(F)F)c1ccccc1OC(C)C. The van der Waals surface area contributed by atoms with Gasteiger partial charge in [0.25, 0.3) is 0 Å². The van der Waals surface area contributed by atoms with Crippen LogP contribution in [0.5, 0.6) is 5.75 Å². The van der Waals surface area contributed by atoms with Crippen molar-refractivity contribution in [3.63, 3.8) is 0 Å². The van der Waals surface area contributed by atoms with Crippen molar-refractivity contribution in [1.82, 2.24) is 0 Å². The average Bonchev–Trinajstić information content (AvgIpc) is 2.43. The molecule has 0 aromatic heterocycles. The van der Waals surface area contributed by atoms with E-state index in [0.29, 0.717) is 0 Å². The highest BCUT2D eigenvalue weighted by Crippen LogP contribution is 2.50. The Morgan fingerprint density at radius 3 is 1.96 bits per heavy atom. The molecule has 2 nitrogen and oxygen atoms in total. The summed E-state index contributed by atoms with van der Waals surface area (Å²) in [6.45, 7) is 3.29. The number of ether oxygens (including phenoxy) is 2. The van der Waals surface area contributed by atoms with Crippen molar-refractivity contribution in [3.05, 3.63) is 29.8 Å². The molecule has 1 rings (SSSR count). The van der Waals surface area contributed by atoms with Crippen LogP contribution in [0.1, 0.15) is 31.9 Å². The minimum Gasteiger partial charge on any atom is -0.491 e. The summed E-state index contributed by atoms with van der Waals surface area (Å²) in [6, 6.07) is 5.58. The number of benzene rings is 1. The number of hydrogen-bond donors (Lipinski definition) is 0. The molecule has 0 heterocycles. The van der Waals surface area contributed by atoms with Gasteiger partial charge in [-0.25, -0.2) is 0 Å². The van der Waals surface area contributed by atoms with Crippen LogP contribution in [0, 0.1) is 0 Å². The van der Waals surface area contributed by atoms with E-state index in [4.69, 9.17) is 9.47 Å². The third-order valence-corrected chi connectivity index (χ3v) is 3.17. The van der Waals surface area contributed by atoms with E-state index in [1.165, 1.54) is 24.3 Å². The molecule has 0 bridgehead atoms. The van der Waals surface area contributed by atoms with Gasteiger partial charge in [-0.05, 0) is 19.9 Å². The molecule has 0 amide bonds. The topological polar surface area (TPSA) is 18.5 Å². The Labute approximate surface area is 134 Å². The third-order valence-electron chi connectivity index (χ3n) is 3.17. The summed E-state index contributed by atoms with van der Waals surface area (Å²) in [7, 11) is 0.943. The first kappa shape index (κ1) is 20.5. The zero-order chi connectivity index (χ0) is 18.8. The van der Waals surface area contributed by atoms with Crippen LogP contribution >= 0.6 is 0 Å². The summed E-state index contributed by atoms with van der Waals surface area (Å²) in [6.07, 6.45) is -10.3. The Morgan fingerprint density at radius 2 is 1.50 bits per heavy atom. The second-order valence-corrected chi connectivity index (χ2v) is 5.41. The van der Waals surface area contributed by atoms with E-state index >= 15 is 0 Å². The van der Waals surface area contributed by atoms with Crippen LogP contribution in [0.3, 0.4) is 0 Å². The first-order chi connectivity index (χ1) is 10.8.